The molecule has 0 bridgehead atoms. The van der Waals surface area contributed by atoms with Crippen LogP contribution >= 0.6 is 0 Å². The van der Waals surface area contributed by atoms with Crippen molar-refractivity contribution in [2.45, 2.75) is 81.4 Å². The summed E-state index contributed by atoms with van der Waals surface area (Å²) >= 11 is 0. The van der Waals surface area contributed by atoms with E-state index in [0.717, 1.165) is 32.0 Å². The van der Waals surface area contributed by atoms with Gasteiger partial charge in [-0.25, -0.2) is 0 Å². The van der Waals surface area contributed by atoms with Crippen molar-refractivity contribution in [3.63, 3.8) is 0 Å². The highest BCUT2D eigenvalue weighted by atomic mass is 16.7. The molecule has 0 radical (unpaired) electrons. The van der Waals surface area contributed by atoms with Crippen LogP contribution in [0.1, 0.15) is 31.1 Å². The normalized spacial score (nSPS) is 32.2. The second-order valence-corrected chi connectivity index (χ2v) is 11.7. The zero-order valence-corrected chi connectivity index (χ0v) is 26.3. The Labute approximate surface area is 282 Å². The van der Waals surface area contributed by atoms with Gasteiger partial charge in [0.2, 0.25) is 12.6 Å². The number of esters is 2. The second kappa shape index (κ2) is 14.7. The van der Waals surface area contributed by atoms with Gasteiger partial charge in [0.05, 0.1) is 11.6 Å². The molecule has 5 rings (SSSR count). The number of aliphatic hydroxyl groups excluding tert-OH is 6. The average Bonchev–Trinajstić information content (AvgIpc) is 3.06. The molecule has 0 saturated carbocycles. The van der Waals surface area contributed by atoms with E-state index in [2.05, 4.69) is 4.74 Å². The zero-order valence-electron chi connectivity index (χ0n) is 26.3. The van der Waals surface area contributed by atoms with E-state index in [4.69, 9.17) is 28.4 Å². The summed E-state index contributed by atoms with van der Waals surface area (Å²) < 4.78 is 37.3. The van der Waals surface area contributed by atoms with Gasteiger partial charge in [0.25, 0.3) is 11.9 Å². The van der Waals surface area contributed by atoms with E-state index in [1.165, 1.54) is 12.1 Å². The van der Waals surface area contributed by atoms with Crippen LogP contribution in [0.15, 0.2) is 30.0 Å². The Morgan fingerprint density at radius 2 is 1.20 bits per heavy atom. The minimum Gasteiger partial charge on any atom is -0.571 e. The fourth-order valence-corrected chi connectivity index (χ4v) is 5.45. The van der Waals surface area contributed by atoms with Crippen molar-refractivity contribution in [2.24, 2.45) is 0 Å². The van der Waals surface area contributed by atoms with E-state index in [1.54, 1.807) is 0 Å². The van der Waals surface area contributed by atoms with Crippen LogP contribution in [-0.2, 0) is 33.3 Å². The maximum Gasteiger partial charge on any atom is 0.302 e. The molecule has 0 amide bonds. The fraction of sp³-hybridized carbons (Fsp3) is 0.484. The monoisotopic (exact) mass is 713 g/mol. The van der Waals surface area contributed by atoms with Gasteiger partial charge in [-0.2, -0.15) is 0 Å². The number of hydrogen-bond acceptors (Lipinski definition) is 18. The Balaban J connectivity index is 1.53. The molecule has 2 aromatic rings. The first kappa shape index (κ1) is 36.7. The van der Waals surface area contributed by atoms with E-state index in [-0.39, 0.29) is 28.4 Å². The fourth-order valence-electron chi connectivity index (χ4n) is 5.45. The highest BCUT2D eigenvalue weighted by molar-refractivity contribution is 5.70. The van der Waals surface area contributed by atoms with Gasteiger partial charge in [0.15, 0.2) is 23.0 Å². The van der Waals surface area contributed by atoms with Crippen molar-refractivity contribution in [2.75, 3.05) is 13.2 Å². The van der Waals surface area contributed by atoms with Gasteiger partial charge in [0.1, 0.15) is 79.1 Å². The van der Waals surface area contributed by atoms with Crippen LogP contribution in [0.5, 0.6) is 34.5 Å². The quantitative estimate of drug-likeness (QED) is 0.0762. The van der Waals surface area contributed by atoms with Crippen LogP contribution in [0.25, 0.3) is 6.08 Å². The van der Waals surface area contributed by atoms with Gasteiger partial charge in [-0.3, -0.25) is 9.59 Å². The summed E-state index contributed by atoms with van der Waals surface area (Å²) in [6, 6.07) is 4.34. The summed E-state index contributed by atoms with van der Waals surface area (Å²) in [5.74, 6) is -4.68. The van der Waals surface area contributed by atoms with Gasteiger partial charge < -0.3 is 84.2 Å². The van der Waals surface area contributed by atoms with Crippen molar-refractivity contribution in [3.8, 4) is 34.5 Å². The van der Waals surface area contributed by atoms with Gasteiger partial charge in [0, 0.05) is 26.0 Å². The summed E-state index contributed by atoms with van der Waals surface area (Å²) in [6.45, 7) is 1.17. The number of aliphatic hydroxyl groups is 7. The Kier molecular flexibility index (Phi) is 10.8. The Morgan fingerprint density at radius 3 is 1.70 bits per heavy atom. The Bertz CT molecular complexity index is 1590. The second-order valence-electron chi connectivity index (χ2n) is 11.7. The molecule has 2 saturated heterocycles. The topological polar surface area (TPSA) is 305 Å². The highest BCUT2D eigenvalue weighted by Crippen LogP contribution is 2.48. The van der Waals surface area contributed by atoms with Crippen LogP contribution in [-0.4, -0.2) is 142 Å². The van der Waals surface area contributed by atoms with Crippen LogP contribution in [0.2, 0.25) is 0 Å². The first-order valence-electron chi connectivity index (χ1n) is 15.1. The van der Waals surface area contributed by atoms with Crippen LogP contribution in [0, 0.1) is 0 Å². The van der Waals surface area contributed by atoms with Crippen LogP contribution in [0.4, 0.5) is 0 Å². The summed E-state index contributed by atoms with van der Waals surface area (Å²) in [4.78, 5) is 22.7. The minimum absolute atomic E-state index is 0.000634. The first-order valence-corrected chi connectivity index (χ1v) is 15.1. The smallest absolute Gasteiger partial charge is 0.302 e. The van der Waals surface area contributed by atoms with Gasteiger partial charge in [-0.1, -0.05) is 0 Å². The Morgan fingerprint density at radius 1 is 0.700 bits per heavy atom. The molecule has 3 aliphatic heterocycles. The van der Waals surface area contributed by atoms with Crippen molar-refractivity contribution >= 4 is 18.0 Å². The lowest BCUT2D eigenvalue weighted by Gasteiger charge is -2.41. The molecule has 3 heterocycles. The highest BCUT2D eigenvalue weighted by Gasteiger charge is 2.48. The molecule has 50 heavy (non-hydrogen) atoms. The number of fused-ring (bicyclic) bond motifs is 1. The number of benzene rings is 2. The maximum absolute atomic E-state index is 11.4. The van der Waals surface area contributed by atoms with Crippen molar-refractivity contribution in [1.29, 1.82) is 0 Å². The number of carbonyl (C=O) groups excluding carboxylic acids is 2. The number of phenols is 4. The molecular weight excluding hydrogens is 676 g/mol. The van der Waals surface area contributed by atoms with E-state index in [1.807, 2.05) is 0 Å². The van der Waals surface area contributed by atoms with E-state index in [0.29, 0.717) is 0 Å². The van der Waals surface area contributed by atoms with Crippen molar-refractivity contribution < 1.29 is 93.8 Å². The number of hydrogen-bond donors (Lipinski definition) is 10. The molecule has 3 aliphatic rings. The molecule has 11 atom stereocenters. The third-order valence-electron chi connectivity index (χ3n) is 8.07. The predicted molar refractivity (Wildman–Crippen MR) is 160 cm³/mol. The molecule has 19 heteroatoms. The lowest BCUT2D eigenvalue weighted by molar-refractivity contribution is -0.296. The van der Waals surface area contributed by atoms with Gasteiger partial charge in [-0.15, -0.1) is 0 Å². The standard InChI is InChI=1S/C31H36O19/c1-10(32)44-8-20-23(38)25(40)27(42)30(49-20)47-18-6-13(34)5-17-14(18)7-19(29(46-17)12-3-15(35)22(37)16(36)4-12)48-31-28(43)26(41)24(39)21(50-31)9-45-11(2)33/h3-7,20-21,23-31,34-43H,8-9H2,1-2H3/p+1/t20-,21-,23-,24-,25+,26-,27-,28+,29?,30-,31-/m1/s1. The van der Waals surface area contributed by atoms with E-state index >= 15 is 0 Å². The summed E-state index contributed by atoms with van der Waals surface area (Å²) in [5.41, 5.74) is 0.0240. The Hall–Kier alpha value is -4.60. The largest absolute Gasteiger partial charge is 0.571 e. The zero-order chi connectivity index (χ0) is 36.6. The van der Waals surface area contributed by atoms with E-state index < -0.39 is 116 Å². The molecule has 2 aromatic carbocycles. The number of rotatable bonds is 9. The number of carbonyl (C=O) groups is 2. The minimum atomic E-state index is -1.90. The van der Waals surface area contributed by atoms with Crippen molar-refractivity contribution in [3.05, 3.63) is 41.2 Å². The molecule has 1 unspecified atom stereocenters. The lowest BCUT2D eigenvalue weighted by Crippen LogP contribution is -2.60. The number of aromatic hydroxyl groups is 5. The molecule has 0 aliphatic carbocycles. The van der Waals surface area contributed by atoms with Gasteiger partial charge in [-0.05, 0) is 12.1 Å². The summed E-state index contributed by atoms with van der Waals surface area (Å²) in [5, 5.41) is 104. The molecule has 274 valence electrons. The molecule has 2 fully saturated rings. The third kappa shape index (κ3) is 7.59. The first-order chi connectivity index (χ1) is 23.5. The van der Waals surface area contributed by atoms with Crippen molar-refractivity contribution in [1.82, 2.24) is 0 Å². The van der Waals surface area contributed by atoms with E-state index in [9.17, 15) is 60.7 Å². The summed E-state index contributed by atoms with van der Waals surface area (Å²) in [7, 11) is 0. The van der Waals surface area contributed by atoms with Crippen LogP contribution < -0.4 is 4.74 Å². The predicted octanol–water partition coefficient (Wildman–Crippen LogP) is -2.02. The van der Waals surface area contributed by atoms with Crippen LogP contribution in [0.3, 0.4) is 0 Å². The molecule has 11 N–H and O–H groups in total. The molecular formula is C31H37O19+. The molecule has 19 nitrogen and oxygen atoms in total. The third-order valence-corrected chi connectivity index (χ3v) is 8.07. The molecule has 0 aromatic heterocycles. The van der Waals surface area contributed by atoms with Gasteiger partial charge >= 0.3 is 11.9 Å². The molecule has 0 spiro atoms. The number of phenolic OH excluding ortho intramolecular Hbond substituents is 4. The average molecular weight is 714 g/mol. The maximum atomic E-state index is 11.4. The number of ether oxygens (including phenoxy) is 7. The summed E-state index contributed by atoms with van der Waals surface area (Å²) in [6.07, 6.45) is -17.1. The lowest BCUT2D eigenvalue weighted by atomic mass is 9.98. The SMILES string of the molecule is CC(=O)OC[C@H]1O[C@@H](Oc2cc(O)cc3c2C=C(O[C@@H]2O[C@H](COC(C)=O)[C@@H](O)[C@@H](O)[C@@H]2O)C(c2cc(O)c(O)c(O)c2)[OH+]3)[C@H](O)[C@@H](O)[C@@H]1O.